The molecule has 1 aliphatic heterocycles. The molecule has 0 aromatic carbocycles. The van der Waals surface area contributed by atoms with Crippen molar-refractivity contribution in [3.05, 3.63) is 0 Å². The fourth-order valence-corrected chi connectivity index (χ4v) is 2.39. The van der Waals surface area contributed by atoms with Gasteiger partial charge in [-0.25, -0.2) is 0 Å². The first-order valence-corrected chi connectivity index (χ1v) is 6.45. The van der Waals surface area contributed by atoms with Crippen molar-refractivity contribution in [3.63, 3.8) is 0 Å². The Morgan fingerprint density at radius 3 is 2.71 bits per heavy atom. The molecular formula is C12H24ClN3O. The van der Waals surface area contributed by atoms with Crippen molar-refractivity contribution in [2.75, 3.05) is 33.2 Å². The average molecular weight is 262 g/mol. The van der Waals surface area contributed by atoms with Gasteiger partial charge in [0, 0.05) is 19.1 Å². The van der Waals surface area contributed by atoms with Gasteiger partial charge in [0.05, 0.1) is 6.54 Å². The second-order valence-corrected chi connectivity index (χ2v) is 5.07. The number of likely N-dealkylation sites (N-methyl/N-ethyl adjacent to an activating group) is 1. The van der Waals surface area contributed by atoms with Gasteiger partial charge in [0.15, 0.2) is 0 Å². The Hall–Kier alpha value is -0.320. The van der Waals surface area contributed by atoms with Gasteiger partial charge < -0.3 is 10.6 Å². The SMILES string of the molecule is CNCC1CCCN1CC(=O)NCC1CC1.Cl. The Kier molecular flexibility index (Phi) is 6.23. The summed E-state index contributed by atoms with van der Waals surface area (Å²) in [7, 11) is 1.98. The van der Waals surface area contributed by atoms with Gasteiger partial charge in [0.1, 0.15) is 0 Å². The largest absolute Gasteiger partial charge is 0.355 e. The summed E-state index contributed by atoms with van der Waals surface area (Å²) in [4.78, 5) is 14.0. The fourth-order valence-electron chi connectivity index (χ4n) is 2.39. The maximum atomic E-state index is 11.7. The number of rotatable bonds is 6. The van der Waals surface area contributed by atoms with Crippen LogP contribution >= 0.6 is 12.4 Å². The quantitative estimate of drug-likeness (QED) is 0.737. The van der Waals surface area contributed by atoms with Crippen LogP contribution in [0.15, 0.2) is 0 Å². The topological polar surface area (TPSA) is 44.4 Å². The van der Waals surface area contributed by atoms with E-state index < -0.39 is 0 Å². The Bertz CT molecular complexity index is 246. The molecule has 0 bridgehead atoms. The molecule has 1 unspecified atom stereocenters. The van der Waals surface area contributed by atoms with Crippen molar-refractivity contribution < 1.29 is 4.79 Å². The molecule has 2 aliphatic rings. The van der Waals surface area contributed by atoms with E-state index in [0.29, 0.717) is 12.6 Å². The van der Waals surface area contributed by atoms with E-state index in [9.17, 15) is 4.79 Å². The van der Waals surface area contributed by atoms with Crippen LogP contribution in [0.5, 0.6) is 0 Å². The van der Waals surface area contributed by atoms with Gasteiger partial charge in [0.25, 0.3) is 0 Å². The van der Waals surface area contributed by atoms with Crippen molar-refractivity contribution >= 4 is 18.3 Å². The van der Waals surface area contributed by atoms with Gasteiger partial charge in [-0.05, 0) is 45.2 Å². The van der Waals surface area contributed by atoms with Crippen LogP contribution in [0.3, 0.4) is 0 Å². The number of carbonyl (C=O) groups excluding carboxylic acids is 1. The zero-order chi connectivity index (χ0) is 11.4. The molecule has 5 heteroatoms. The summed E-state index contributed by atoms with van der Waals surface area (Å²) in [6, 6.07) is 0.552. The predicted molar refractivity (Wildman–Crippen MR) is 71.5 cm³/mol. The maximum Gasteiger partial charge on any atom is 0.234 e. The van der Waals surface area contributed by atoms with Gasteiger partial charge in [0.2, 0.25) is 5.91 Å². The third kappa shape index (κ3) is 4.82. The molecule has 2 rings (SSSR count). The van der Waals surface area contributed by atoms with E-state index in [1.807, 2.05) is 7.05 Å². The summed E-state index contributed by atoms with van der Waals surface area (Å²) in [5.41, 5.74) is 0. The summed E-state index contributed by atoms with van der Waals surface area (Å²) in [5, 5.41) is 6.23. The Morgan fingerprint density at radius 1 is 1.29 bits per heavy atom. The standard InChI is InChI=1S/C12H23N3O.ClH/c1-13-8-11-3-2-6-15(11)9-12(16)14-7-10-4-5-10;/h10-11,13H,2-9H2,1H3,(H,14,16);1H. The lowest BCUT2D eigenvalue weighted by molar-refractivity contribution is -0.122. The lowest BCUT2D eigenvalue weighted by atomic mass is 10.2. The molecule has 1 aliphatic carbocycles. The van der Waals surface area contributed by atoms with E-state index in [0.717, 1.165) is 25.6 Å². The molecule has 2 fully saturated rings. The van der Waals surface area contributed by atoms with Crippen molar-refractivity contribution in [1.29, 1.82) is 0 Å². The monoisotopic (exact) mass is 261 g/mol. The van der Waals surface area contributed by atoms with Crippen molar-refractivity contribution in [3.8, 4) is 0 Å². The smallest absolute Gasteiger partial charge is 0.234 e. The molecule has 0 aromatic rings. The Morgan fingerprint density at radius 2 is 2.06 bits per heavy atom. The highest BCUT2D eigenvalue weighted by atomic mass is 35.5. The van der Waals surface area contributed by atoms with Crippen LogP contribution in [0.25, 0.3) is 0 Å². The first kappa shape index (κ1) is 14.7. The molecule has 1 atom stereocenters. The molecular weight excluding hydrogens is 238 g/mol. The van der Waals surface area contributed by atoms with Gasteiger partial charge in [-0.2, -0.15) is 0 Å². The average Bonchev–Trinajstić information content (AvgIpc) is 3.00. The van der Waals surface area contributed by atoms with E-state index in [4.69, 9.17) is 0 Å². The maximum absolute atomic E-state index is 11.7. The number of nitrogens with one attached hydrogen (secondary N) is 2. The second kappa shape index (κ2) is 7.19. The minimum Gasteiger partial charge on any atom is -0.355 e. The number of likely N-dealkylation sites (tertiary alicyclic amines) is 1. The number of carbonyl (C=O) groups is 1. The first-order chi connectivity index (χ1) is 7.79. The van der Waals surface area contributed by atoms with E-state index in [-0.39, 0.29) is 18.3 Å². The van der Waals surface area contributed by atoms with Gasteiger partial charge in [-0.3, -0.25) is 9.69 Å². The van der Waals surface area contributed by atoms with E-state index in [2.05, 4.69) is 15.5 Å². The molecule has 0 spiro atoms. The molecule has 2 N–H and O–H groups in total. The van der Waals surface area contributed by atoms with Gasteiger partial charge >= 0.3 is 0 Å². The molecule has 4 nitrogen and oxygen atoms in total. The number of hydrogen-bond acceptors (Lipinski definition) is 3. The third-order valence-electron chi connectivity index (χ3n) is 3.57. The zero-order valence-electron chi connectivity index (χ0n) is 10.6. The fraction of sp³-hybridized carbons (Fsp3) is 0.917. The predicted octanol–water partition coefficient (Wildman–Crippen LogP) is 0.618. The van der Waals surface area contributed by atoms with Crippen LogP contribution in [0, 0.1) is 5.92 Å². The zero-order valence-corrected chi connectivity index (χ0v) is 11.4. The van der Waals surface area contributed by atoms with Crippen LogP contribution in [0.2, 0.25) is 0 Å². The Balaban J connectivity index is 0.00000144. The molecule has 0 aromatic heterocycles. The highest BCUT2D eigenvalue weighted by molar-refractivity contribution is 5.85. The van der Waals surface area contributed by atoms with Crippen molar-refractivity contribution in [1.82, 2.24) is 15.5 Å². The van der Waals surface area contributed by atoms with Crippen molar-refractivity contribution in [2.24, 2.45) is 5.92 Å². The van der Waals surface area contributed by atoms with Crippen LogP contribution in [-0.4, -0.2) is 50.1 Å². The highest BCUT2D eigenvalue weighted by Gasteiger charge is 2.26. The normalized spacial score (nSPS) is 24.4. The summed E-state index contributed by atoms with van der Waals surface area (Å²) in [6.45, 7) is 3.54. The highest BCUT2D eigenvalue weighted by Crippen LogP contribution is 2.27. The number of halogens is 1. The molecule has 1 saturated heterocycles. The van der Waals surface area contributed by atoms with Gasteiger partial charge in [-0.15, -0.1) is 12.4 Å². The minimum atomic E-state index is 0. The molecule has 17 heavy (non-hydrogen) atoms. The van der Waals surface area contributed by atoms with Crippen LogP contribution in [-0.2, 0) is 4.79 Å². The third-order valence-corrected chi connectivity index (χ3v) is 3.57. The molecule has 1 amide bonds. The molecule has 0 radical (unpaired) electrons. The summed E-state index contributed by atoms with van der Waals surface area (Å²) >= 11 is 0. The summed E-state index contributed by atoms with van der Waals surface area (Å²) in [6.07, 6.45) is 5.04. The summed E-state index contributed by atoms with van der Waals surface area (Å²) in [5.74, 6) is 0.977. The molecule has 100 valence electrons. The minimum absolute atomic E-state index is 0. The van der Waals surface area contributed by atoms with E-state index in [1.54, 1.807) is 0 Å². The molecule has 1 saturated carbocycles. The van der Waals surface area contributed by atoms with Crippen LogP contribution in [0.1, 0.15) is 25.7 Å². The second-order valence-electron chi connectivity index (χ2n) is 5.07. The lowest BCUT2D eigenvalue weighted by Gasteiger charge is -2.23. The molecule has 1 heterocycles. The summed E-state index contributed by atoms with van der Waals surface area (Å²) < 4.78 is 0. The number of hydrogen-bond donors (Lipinski definition) is 2. The van der Waals surface area contributed by atoms with E-state index >= 15 is 0 Å². The number of amides is 1. The first-order valence-electron chi connectivity index (χ1n) is 6.45. The Labute approximate surface area is 110 Å². The lowest BCUT2D eigenvalue weighted by Crippen LogP contribution is -2.43. The van der Waals surface area contributed by atoms with Crippen LogP contribution in [0.4, 0.5) is 0 Å². The van der Waals surface area contributed by atoms with E-state index in [1.165, 1.54) is 25.7 Å². The number of nitrogens with zero attached hydrogens (tertiary/aromatic N) is 1. The van der Waals surface area contributed by atoms with Gasteiger partial charge in [-0.1, -0.05) is 0 Å². The van der Waals surface area contributed by atoms with Crippen molar-refractivity contribution in [2.45, 2.75) is 31.7 Å². The van der Waals surface area contributed by atoms with Crippen LogP contribution < -0.4 is 10.6 Å².